The molecule has 0 bridgehead atoms. The molecule has 0 N–H and O–H groups in total. The van der Waals surface area contributed by atoms with Gasteiger partial charge in [0, 0.05) is 53.6 Å². The van der Waals surface area contributed by atoms with E-state index in [0.29, 0.717) is 0 Å². The molecule has 10 rings (SSSR count). The van der Waals surface area contributed by atoms with Gasteiger partial charge in [-0.25, -0.2) is 0 Å². The van der Waals surface area contributed by atoms with E-state index in [9.17, 15) is 0 Å². The van der Waals surface area contributed by atoms with Crippen molar-refractivity contribution in [3.05, 3.63) is 127 Å². The second kappa shape index (κ2) is 7.69. The largest absolute Gasteiger partial charge is 0.376 e. The van der Waals surface area contributed by atoms with Crippen molar-refractivity contribution in [2.45, 2.75) is 6.92 Å². The van der Waals surface area contributed by atoms with E-state index in [-0.39, 0.29) is 6.85 Å². The van der Waals surface area contributed by atoms with E-state index in [0.717, 1.165) is 0 Å². The molecule has 2 aliphatic rings. The molecule has 6 aromatic carbocycles. The van der Waals surface area contributed by atoms with Crippen LogP contribution in [0.5, 0.6) is 0 Å². The van der Waals surface area contributed by atoms with Crippen molar-refractivity contribution in [1.82, 2.24) is 4.57 Å². The highest BCUT2D eigenvalue weighted by Crippen LogP contribution is 2.48. The Hall–Kier alpha value is -4.80. The molecule has 2 nitrogen and oxygen atoms in total. The maximum absolute atomic E-state index is 2.61. The number of fused-ring (bicyclic) bond motifs is 11. The van der Waals surface area contributed by atoms with E-state index in [2.05, 4.69) is 138 Å². The first kappa shape index (κ1) is 22.0. The van der Waals surface area contributed by atoms with Crippen LogP contribution in [-0.4, -0.2) is 11.4 Å². The van der Waals surface area contributed by atoms with Gasteiger partial charge in [0.25, 0.3) is 0 Å². The molecule has 2 aliphatic heterocycles. The van der Waals surface area contributed by atoms with Crippen LogP contribution in [0.1, 0.15) is 5.56 Å². The predicted octanol–water partition coefficient (Wildman–Crippen LogP) is 8.70. The van der Waals surface area contributed by atoms with E-state index in [1.54, 1.807) is 0 Å². The zero-order valence-corrected chi connectivity index (χ0v) is 23.2. The zero-order chi connectivity index (χ0) is 26.8. The van der Waals surface area contributed by atoms with Crippen LogP contribution in [0.25, 0.3) is 58.8 Å². The van der Waals surface area contributed by atoms with Gasteiger partial charge in [-0.15, -0.1) is 11.3 Å². The van der Waals surface area contributed by atoms with Gasteiger partial charge in [0.05, 0.1) is 11.0 Å². The molecule has 4 heteroatoms. The molecule has 0 atom stereocenters. The first-order valence-electron chi connectivity index (χ1n) is 14.2. The van der Waals surface area contributed by atoms with Crippen LogP contribution in [-0.2, 0) is 0 Å². The van der Waals surface area contributed by atoms with Crippen LogP contribution in [0, 0.1) is 6.92 Å². The highest BCUT2D eigenvalue weighted by atomic mass is 32.1. The van der Waals surface area contributed by atoms with Crippen molar-refractivity contribution in [2.75, 3.05) is 4.81 Å². The summed E-state index contributed by atoms with van der Waals surface area (Å²) in [4.78, 5) is 2.61. The summed E-state index contributed by atoms with van der Waals surface area (Å²) in [5.74, 6) is 0. The first-order chi connectivity index (χ1) is 20.3. The lowest BCUT2D eigenvalue weighted by Gasteiger charge is -2.42. The Kier molecular flexibility index (Phi) is 4.12. The number of anilines is 2. The number of benzene rings is 6. The molecule has 4 heterocycles. The maximum atomic E-state index is 2.61. The van der Waals surface area contributed by atoms with Gasteiger partial charge in [-0.3, -0.25) is 0 Å². The van der Waals surface area contributed by atoms with Crippen LogP contribution < -0.4 is 15.7 Å². The van der Waals surface area contributed by atoms with Crippen molar-refractivity contribution in [3.63, 3.8) is 0 Å². The second-order valence-corrected chi connectivity index (χ2v) is 12.4. The molecule has 2 aromatic heterocycles. The van der Waals surface area contributed by atoms with Gasteiger partial charge >= 0.3 is 6.85 Å². The van der Waals surface area contributed by atoms with Gasteiger partial charge in [-0.2, -0.15) is 0 Å². The van der Waals surface area contributed by atoms with Crippen LogP contribution in [0.3, 0.4) is 0 Å². The lowest BCUT2D eigenvalue weighted by Crippen LogP contribution is -2.60. The van der Waals surface area contributed by atoms with E-state index >= 15 is 0 Å². The Labute approximate surface area is 241 Å². The average molecular weight is 538 g/mol. The minimum Gasteiger partial charge on any atom is -0.376 e. The number of aryl methyl sites for hydroxylation is 1. The Morgan fingerprint density at radius 1 is 0.610 bits per heavy atom. The van der Waals surface area contributed by atoms with Gasteiger partial charge in [0.1, 0.15) is 0 Å². The van der Waals surface area contributed by atoms with Gasteiger partial charge in [0.2, 0.25) is 0 Å². The lowest BCUT2D eigenvalue weighted by atomic mass is 9.44. The van der Waals surface area contributed by atoms with Crippen LogP contribution >= 0.6 is 11.3 Å². The quantitative estimate of drug-likeness (QED) is 0.190. The fourth-order valence-corrected chi connectivity index (χ4v) is 8.80. The van der Waals surface area contributed by atoms with E-state index in [1.807, 2.05) is 11.3 Å². The van der Waals surface area contributed by atoms with Crippen molar-refractivity contribution in [3.8, 4) is 16.8 Å². The van der Waals surface area contributed by atoms with Crippen molar-refractivity contribution in [2.24, 2.45) is 0 Å². The second-order valence-electron chi connectivity index (χ2n) is 11.4. The fraction of sp³-hybridized carbons (Fsp3) is 0.0270. The molecule has 0 saturated carbocycles. The molecule has 41 heavy (non-hydrogen) atoms. The van der Waals surface area contributed by atoms with Gasteiger partial charge in [-0.05, 0) is 71.4 Å². The highest BCUT2D eigenvalue weighted by Gasteiger charge is 2.44. The summed E-state index contributed by atoms with van der Waals surface area (Å²) in [5.41, 5.74) is 13.2. The van der Waals surface area contributed by atoms with E-state index in [4.69, 9.17) is 0 Å². The average Bonchev–Trinajstić information content (AvgIpc) is 3.56. The SMILES string of the molecule is Cc1cc2c3c4c1c1ccccc1n4-c1ccccc1B3N(c1ccccc1)c1cc3c(cc1-2)sc1ccccc13. The summed E-state index contributed by atoms with van der Waals surface area (Å²) < 4.78 is 5.22. The molecule has 0 radical (unpaired) electrons. The summed E-state index contributed by atoms with van der Waals surface area (Å²) in [7, 11) is 0. The minimum atomic E-state index is 0.0679. The molecule has 190 valence electrons. The Morgan fingerprint density at radius 3 is 2.27 bits per heavy atom. The standard InChI is InChI=1S/C37H23BN2S/c1-22-19-28-26-21-34-27(24-13-6-10-18-33(24)41-34)20-32(26)40(23-11-3-2-4-12-23)38-29-15-7-9-17-31(29)39-30-16-8-5-14-25(30)35(22)37(39)36(28)38/h2-21H,1H3. The van der Waals surface area contributed by atoms with E-state index < -0.39 is 0 Å². The third kappa shape index (κ3) is 2.69. The molecule has 0 fully saturated rings. The highest BCUT2D eigenvalue weighted by molar-refractivity contribution is 7.25. The molecule has 0 amide bonds. The van der Waals surface area contributed by atoms with Crippen molar-refractivity contribution in [1.29, 1.82) is 0 Å². The number of aromatic nitrogens is 1. The van der Waals surface area contributed by atoms with Gasteiger partial charge < -0.3 is 9.38 Å². The monoisotopic (exact) mass is 538 g/mol. The molecular formula is C37H23BN2S. The fourth-order valence-electron chi connectivity index (χ4n) is 7.67. The third-order valence-electron chi connectivity index (χ3n) is 9.26. The van der Waals surface area contributed by atoms with Crippen LogP contribution in [0.2, 0.25) is 0 Å². The van der Waals surface area contributed by atoms with Crippen molar-refractivity contribution < 1.29 is 0 Å². The van der Waals surface area contributed by atoms with Crippen molar-refractivity contribution >= 4 is 82.5 Å². The number of nitrogens with zero attached hydrogens (tertiary/aromatic N) is 2. The van der Waals surface area contributed by atoms with Crippen LogP contribution in [0.4, 0.5) is 11.4 Å². The number of hydrogen-bond donors (Lipinski definition) is 0. The minimum absolute atomic E-state index is 0.0679. The normalized spacial score (nSPS) is 13.4. The number of rotatable bonds is 1. The summed E-state index contributed by atoms with van der Waals surface area (Å²) >= 11 is 1.90. The molecule has 0 unspecified atom stereocenters. The summed E-state index contributed by atoms with van der Waals surface area (Å²) in [6, 6.07) is 45.2. The van der Waals surface area contributed by atoms with E-state index in [1.165, 1.54) is 86.7 Å². The maximum Gasteiger partial charge on any atom is 0.333 e. The Bertz CT molecular complexity index is 2400. The summed E-state index contributed by atoms with van der Waals surface area (Å²) in [6.07, 6.45) is 0. The number of hydrogen-bond acceptors (Lipinski definition) is 2. The zero-order valence-electron chi connectivity index (χ0n) is 22.4. The topological polar surface area (TPSA) is 8.17 Å². The molecule has 8 aromatic rings. The Morgan fingerprint density at radius 2 is 1.37 bits per heavy atom. The number of thiophene rings is 1. The molecule has 0 spiro atoms. The first-order valence-corrected chi connectivity index (χ1v) is 15.1. The molecule has 0 saturated heterocycles. The summed E-state index contributed by atoms with van der Waals surface area (Å²) in [5, 5.41) is 5.38. The Balaban J connectivity index is 1.45. The lowest BCUT2D eigenvalue weighted by molar-refractivity contribution is 1.18. The summed E-state index contributed by atoms with van der Waals surface area (Å²) in [6.45, 7) is 2.36. The predicted molar refractivity (Wildman–Crippen MR) is 177 cm³/mol. The molecule has 0 aliphatic carbocycles. The number of para-hydroxylation sites is 3. The van der Waals surface area contributed by atoms with Crippen LogP contribution in [0.15, 0.2) is 121 Å². The smallest absolute Gasteiger partial charge is 0.333 e. The van der Waals surface area contributed by atoms with Gasteiger partial charge in [-0.1, -0.05) is 78.9 Å². The molecular weight excluding hydrogens is 515 g/mol. The van der Waals surface area contributed by atoms with Gasteiger partial charge in [0.15, 0.2) is 0 Å². The third-order valence-corrected chi connectivity index (χ3v) is 10.4.